The van der Waals surface area contributed by atoms with Gasteiger partial charge >= 0.3 is 0 Å². The van der Waals surface area contributed by atoms with E-state index in [4.69, 9.17) is 0 Å². The molecule has 1 N–H and O–H groups in total. The lowest BCUT2D eigenvalue weighted by molar-refractivity contribution is 0.100. The third-order valence-electron chi connectivity index (χ3n) is 2.92. The van der Waals surface area contributed by atoms with Crippen LogP contribution in [0.4, 0.5) is 4.39 Å². The SMILES string of the molecule is Cc1cccc(C(=O)Nn2c(C)ccc2C)c1F. The highest BCUT2D eigenvalue weighted by atomic mass is 19.1. The van der Waals surface area contributed by atoms with Crippen LogP contribution in [0, 0.1) is 26.6 Å². The van der Waals surface area contributed by atoms with Crippen LogP contribution in [0.3, 0.4) is 0 Å². The predicted molar refractivity (Wildman–Crippen MR) is 68.7 cm³/mol. The number of hydrogen-bond acceptors (Lipinski definition) is 1. The van der Waals surface area contributed by atoms with Crippen molar-refractivity contribution in [3.63, 3.8) is 0 Å². The molecule has 0 bridgehead atoms. The Labute approximate surface area is 105 Å². The Morgan fingerprint density at radius 3 is 2.33 bits per heavy atom. The Kier molecular flexibility index (Phi) is 3.19. The van der Waals surface area contributed by atoms with Crippen molar-refractivity contribution in [1.82, 2.24) is 4.68 Å². The van der Waals surface area contributed by atoms with Gasteiger partial charge in [-0.15, -0.1) is 0 Å². The van der Waals surface area contributed by atoms with Crippen molar-refractivity contribution in [2.45, 2.75) is 20.8 Å². The number of aromatic nitrogens is 1. The van der Waals surface area contributed by atoms with E-state index >= 15 is 0 Å². The number of aryl methyl sites for hydroxylation is 3. The van der Waals surface area contributed by atoms with Crippen LogP contribution in [0.2, 0.25) is 0 Å². The van der Waals surface area contributed by atoms with E-state index in [2.05, 4.69) is 5.43 Å². The van der Waals surface area contributed by atoms with Gasteiger partial charge in [0.2, 0.25) is 0 Å². The first-order valence-electron chi connectivity index (χ1n) is 5.72. The number of nitrogens with zero attached hydrogens (tertiary/aromatic N) is 1. The molecule has 0 spiro atoms. The summed E-state index contributed by atoms with van der Waals surface area (Å²) in [6.07, 6.45) is 0. The van der Waals surface area contributed by atoms with Crippen LogP contribution in [0.1, 0.15) is 27.3 Å². The average molecular weight is 246 g/mol. The summed E-state index contributed by atoms with van der Waals surface area (Å²) in [5.74, 6) is -0.920. The number of halogens is 1. The highest BCUT2D eigenvalue weighted by Crippen LogP contribution is 2.13. The molecule has 1 heterocycles. The number of carbonyl (C=O) groups is 1. The topological polar surface area (TPSA) is 34.0 Å². The van der Waals surface area contributed by atoms with E-state index < -0.39 is 11.7 Å². The minimum Gasteiger partial charge on any atom is -0.267 e. The summed E-state index contributed by atoms with van der Waals surface area (Å²) in [6.45, 7) is 5.39. The highest BCUT2D eigenvalue weighted by Gasteiger charge is 2.14. The molecule has 1 amide bonds. The second kappa shape index (κ2) is 4.64. The zero-order chi connectivity index (χ0) is 13.3. The lowest BCUT2D eigenvalue weighted by Gasteiger charge is -2.12. The quantitative estimate of drug-likeness (QED) is 0.868. The second-order valence-electron chi connectivity index (χ2n) is 4.33. The van der Waals surface area contributed by atoms with Gasteiger partial charge in [0.05, 0.1) is 5.56 Å². The first-order valence-corrected chi connectivity index (χ1v) is 5.72. The van der Waals surface area contributed by atoms with Crippen molar-refractivity contribution in [2.24, 2.45) is 0 Å². The lowest BCUT2D eigenvalue weighted by Crippen LogP contribution is -2.25. The van der Waals surface area contributed by atoms with Gasteiger partial charge in [-0.25, -0.2) is 4.39 Å². The standard InChI is InChI=1S/C14H15FN2O/c1-9-5-4-6-12(13(9)15)14(18)16-17-10(2)7-8-11(17)3/h4-8H,1-3H3,(H,16,18). The lowest BCUT2D eigenvalue weighted by atomic mass is 10.1. The third kappa shape index (κ3) is 2.14. The minimum atomic E-state index is -0.475. The van der Waals surface area contributed by atoms with E-state index in [1.807, 2.05) is 26.0 Å². The maximum absolute atomic E-state index is 13.8. The van der Waals surface area contributed by atoms with Crippen LogP contribution in [-0.4, -0.2) is 10.6 Å². The number of nitrogens with one attached hydrogen (secondary N) is 1. The molecular formula is C14H15FN2O. The molecule has 0 radical (unpaired) electrons. The smallest absolute Gasteiger partial charge is 0.267 e. The van der Waals surface area contributed by atoms with E-state index in [-0.39, 0.29) is 5.56 Å². The Bertz CT molecular complexity index is 582. The van der Waals surface area contributed by atoms with Crippen molar-refractivity contribution in [2.75, 3.05) is 5.43 Å². The van der Waals surface area contributed by atoms with Crippen molar-refractivity contribution in [3.8, 4) is 0 Å². The van der Waals surface area contributed by atoms with Crippen molar-refractivity contribution < 1.29 is 9.18 Å². The summed E-state index contributed by atoms with van der Waals surface area (Å²) in [4.78, 5) is 12.0. The monoisotopic (exact) mass is 246 g/mol. The molecule has 0 aliphatic heterocycles. The van der Waals surface area contributed by atoms with Gasteiger partial charge in [0.15, 0.2) is 0 Å². The second-order valence-corrected chi connectivity index (χ2v) is 4.33. The largest absolute Gasteiger partial charge is 0.273 e. The van der Waals surface area contributed by atoms with Crippen molar-refractivity contribution in [1.29, 1.82) is 0 Å². The molecule has 0 aliphatic carbocycles. The molecule has 4 heteroatoms. The molecule has 1 aromatic carbocycles. The van der Waals surface area contributed by atoms with Crippen LogP contribution in [0.15, 0.2) is 30.3 Å². The van der Waals surface area contributed by atoms with Gasteiger partial charge in [-0.2, -0.15) is 0 Å². The van der Waals surface area contributed by atoms with Gasteiger partial charge in [-0.3, -0.25) is 14.9 Å². The maximum Gasteiger partial charge on any atom is 0.273 e. The minimum absolute atomic E-state index is 0.0579. The fourth-order valence-electron chi connectivity index (χ4n) is 1.83. The van der Waals surface area contributed by atoms with Gasteiger partial charge in [0.25, 0.3) is 5.91 Å². The maximum atomic E-state index is 13.8. The van der Waals surface area contributed by atoms with Crippen molar-refractivity contribution >= 4 is 5.91 Å². The number of carbonyl (C=O) groups excluding carboxylic acids is 1. The Morgan fingerprint density at radius 2 is 1.72 bits per heavy atom. The molecule has 0 atom stereocenters. The summed E-state index contributed by atoms with van der Waals surface area (Å²) in [5, 5.41) is 0. The molecule has 0 fully saturated rings. The predicted octanol–water partition coefficient (Wildman–Crippen LogP) is 2.94. The number of rotatable bonds is 2. The van der Waals surface area contributed by atoms with Gasteiger partial charge in [0.1, 0.15) is 5.82 Å². The average Bonchev–Trinajstić information content (AvgIpc) is 2.64. The number of hydrogen-bond donors (Lipinski definition) is 1. The molecule has 94 valence electrons. The first kappa shape index (κ1) is 12.4. The summed E-state index contributed by atoms with van der Waals surface area (Å²) < 4.78 is 15.5. The third-order valence-corrected chi connectivity index (χ3v) is 2.92. The fourth-order valence-corrected chi connectivity index (χ4v) is 1.83. The van der Waals surface area contributed by atoms with E-state index in [9.17, 15) is 9.18 Å². The Hall–Kier alpha value is -2.10. The van der Waals surface area contributed by atoms with Crippen LogP contribution in [-0.2, 0) is 0 Å². The molecule has 0 saturated carbocycles. The van der Waals surface area contributed by atoms with Crippen LogP contribution in [0.5, 0.6) is 0 Å². The number of amides is 1. The zero-order valence-corrected chi connectivity index (χ0v) is 10.6. The van der Waals surface area contributed by atoms with Gasteiger partial charge in [0, 0.05) is 11.4 Å². The summed E-state index contributed by atoms with van der Waals surface area (Å²) >= 11 is 0. The van der Waals surface area contributed by atoms with Crippen LogP contribution in [0.25, 0.3) is 0 Å². The first-order chi connectivity index (χ1) is 8.50. The molecule has 1 aromatic heterocycles. The Morgan fingerprint density at radius 1 is 1.11 bits per heavy atom. The van der Waals surface area contributed by atoms with E-state index in [0.717, 1.165) is 11.4 Å². The van der Waals surface area contributed by atoms with Gasteiger partial charge in [-0.1, -0.05) is 12.1 Å². The summed E-state index contributed by atoms with van der Waals surface area (Å²) in [6, 6.07) is 8.57. The molecule has 2 aromatic rings. The molecule has 0 unspecified atom stereocenters. The molecular weight excluding hydrogens is 231 g/mol. The molecule has 2 rings (SSSR count). The van der Waals surface area contributed by atoms with E-state index in [0.29, 0.717) is 5.56 Å². The number of benzene rings is 1. The van der Waals surface area contributed by atoms with Gasteiger partial charge < -0.3 is 0 Å². The molecule has 18 heavy (non-hydrogen) atoms. The van der Waals surface area contributed by atoms with Crippen LogP contribution < -0.4 is 5.43 Å². The van der Waals surface area contributed by atoms with E-state index in [1.54, 1.807) is 23.7 Å². The molecule has 0 saturated heterocycles. The van der Waals surface area contributed by atoms with Crippen LogP contribution >= 0.6 is 0 Å². The summed E-state index contributed by atoms with van der Waals surface area (Å²) in [5.41, 5.74) is 4.99. The zero-order valence-electron chi connectivity index (χ0n) is 10.6. The van der Waals surface area contributed by atoms with Crippen molar-refractivity contribution in [3.05, 3.63) is 58.7 Å². The summed E-state index contributed by atoms with van der Waals surface area (Å²) in [7, 11) is 0. The molecule has 3 nitrogen and oxygen atoms in total. The normalized spacial score (nSPS) is 10.4. The highest BCUT2D eigenvalue weighted by molar-refractivity contribution is 6.00. The van der Waals surface area contributed by atoms with Gasteiger partial charge in [-0.05, 0) is 44.5 Å². The van der Waals surface area contributed by atoms with E-state index in [1.165, 1.54) is 6.07 Å². The Balaban J connectivity index is 2.31. The fraction of sp³-hybridized carbons (Fsp3) is 0.214. The molecule has 0 aliphatic rings.